The van der Waals surface area contributed by atoms with E-state index in [1.807, 2.05) is 6.07 Å². The van der Waals surface area contributed by atoms with E-state index in [1.54, 1.807) is 38.1 Å². The zero-order valence-electron chi connectivity index (χ0n) is 18.5. The summed E-state index contributed by atoms with van der Waals surface area (Å²) >= 11 is 6.01. The van der Waals surface area contributed by atoms with Crippen molar-refractivity contribution in [2.24, 2.45) is 0 Å². The molecular formula is C25H19ClF3N3O3. The Morgan fingerprint density at radius 2 is 1.54 bits per heavy atom. The maximum absolute atomic E-state index is 13.8. The number of benzene rings is 3. The first-order chi connectivity index (χ1) is 16.4. The third-order valence-electron chi connectivity index (χ3n) is 5.93. The molecule has 35 heavy (non-hydrogen) atoms. The summed E-state index contributed by atoms with van der Waals surface area (Å²) in [5.74, 6) is -0.545. The van der Waals surface area contributed by atoms with Gasteiger partial charge in [0.2, 0.25) is 0 Å². The van der Waals surface area contributed by atoms with Gasteiger partial charge in [0.05, 0.1) is 17.2 Å². The molecule has 0 bridgehead atoms. The summed E-state index contributed by atoms with van der Waals surface area (Å²) in [6, 6.07) is 18.5. The number of anilines is 2. The van der Waals surface area contributed by atoms with Gasteiger partial charge in [-0.1, -0.05) is 23.7 Å². The van der Waals surface area contributed by atoms with Gasteiger partial charge in [-0.05, 0) is 74.5 Å². The van der Waals surface area contributed by atoms with Crippen LogP contribution in [-0.4, -0.2) is 23.0 Å². The number of aliphatic hydroxyl groups is 1. The minimum atomic E-state index is -4.94. The fourth-order valence-electron chi connectivity index (χ4n) is 4.31. The number of hydrogen-bond donors (Lipinski definition) is 1. The first-order valence-electron chi connectivity index (χ1n) is 10.4. The summed E-state index contributed by atoms with van der Waals surface area (Å²) < 4.78 is 42.7. The number of halogens is 4. The number of carbonyl (C=O) groups excluding carboxylic acids is 1. The first-order valence-corrected chi connectivity index (χ1v) is 10.7. The molecule has 2 amide bonds. The largest absolute Gasteiger partial charge is 0.573 e. The maximum atomic E-state index is 13.8. The Morgan fingerprint density at radius 3 is 2.11 bits per heavy atom. The highest BCUT2D eigenvalue weighted by molar-refractivity contribution is 6.30. The van der Waals surface area contributed by atoms with Crippen molar-refractivity contribution in [2.45, 2.75) is 31.5 Å². The van der Waals surface area contributed by atoms with Gasteiger partial charge in [0.1, 0.15) is 5.75 Å². The van der Waals surface area contributed by atoms with Gasteiger partial charge in [-0.15, -0.1) is 13.2 Å². The normalized spacial score (nSPS) is 19.5. The van der Waals surface area contributed by atoms with Gasteiger partial charge in [0.25, 0.3) is 0 Å². The average Bonchev–Trinajstić information content (AvgIpc) is 2.95. The Kier molecular flexibility index (Phi) is 5.91. The third-order valence-corrected chi connectivity index (χ3v) is 6.18. The topological polar surface area (TPSA) is 76.8 Å². The predicted octanol–water partition coefficient (Wildman–Crippen LogP) is 6.18. The van der Waals surface area contributed by atoms with Crippen LogP contribution in [0.15, 0.2) is 72.8 Å². The van der Waals surface area contributed by atoms with E-state index in [-0.39, 0.29) is 11.3 Å². The highest BCUT2D eigenvalue weighted by Gasteiger charge is 2.64. The number of nitriles is 1. The highest BCUT2D eigenvalue weighted by Crippen LogP contribution is 2.51. The van der Waals surface area contributed by atoms with E-state index in [0.717, 1.165) is 17.0 Å². The fourth-order valence-corrected chi connectivity index (χ4v) is 4.43. The fraction of sp³-hybridized carbons (Fsp3) is 0.200. The average molecular weight is 502 g/mol. The number of nitrogens with zero attached hydrogens (tertiary/aromatic N) is 3. The van der Waals surface area contributed by atoms with E-state index < -0.39 is 29.4 Å². The summed E-state index contributed by atoms with van der Waals surface area (Å²) in [6.07, 6.45) is -4.94. The second kappa shape index (κ2) is 8.48. The second-order valence-corrected chi connectivity index (χ2v) is 8.83. The molecule has 4 rings (SSSR count). The number of hydrogen-bond acceptors (Lipinski definition) is 4. The zero-order valence-corrected chi connectivity index (χ0v) is 19.3. The van der Waals surface area contributed by atoms with Crippen LogP contribution in [0, 0.1) is 11.3 Å². The molecule has 1 aliphatic rings. The predicted molar refractivity (Wildman–Crippen MR) is 124 cm³/mol. The van der Waals surface area contributed by atoms with E-state index in [4.69, 9.17) is 16.9 Å². The molecule has 1 saturated heterocycles. The minimum absolute atomic E-state index is 0.00146. The van der Waals surface area contributed by atoms with Gasteiger partial charge in [0.15, 0.2) is 5.72 Å². The summed E-state index contributed by atoms with van der Waals surface area (Å²) in [4.78, 5) is 16.3. The summed E-state index contributed by atoms with van der Waals surface area (Å²) in [5, 5.41) is 21.8. The van der Waals surface area contributed by atoms with E-state index >= 15 is 0 Å². The van der Waals surface area contributed by atoms with Gasteiger partial charge in [-0.3, -0.25) is 9.80 Å². The van der Waals surface area contributed by atoms with Crippen molar-refractivity contribution in [1.29, 1.82) is 5.26 Å². The number of rotatable bonds is 4. The number of amides is 2. The van der Waals surface area contributed by atoms with Crippen LogP contribution < -0.4 is 14.5 Å². The van der Waals surface area contributed by atoms with Gasteiger partial charge in [-0.25, -0.2) is 4.79 Å². The van der Waals surface area contributed by atoms with Crippen LogP contribution in [0.2, 0.25) is 5.02 Å². The highest BCUT2D eigenvalue weighted by atomic mass is 35.5. The van der Waals surface area contributed by atoms with Gasteiger partial charge >= 0.3 is 12.4 Å². The standard InChI is InChI=1S/C25H19ClF3N3O3/c1-23(2)24(34,17-4-3-5-21(14-17)35-25(27,28)29)32(20-10-6-16(15-30)7-11-20)22(33)31(23)19-12-8-18(26)9-13-19/h3-14,34H,1-2H3. The lowest BCUT2D eigenvalue weighted by molar-refractivity contribution is -0.274. The van der Waals surface area contributed by atoms with Crippen LogP contribution in [0.1, 0.15) is 25.0 Å². The Labute approximate surface area is 204 Å². The van der Waals surface area contributed by atoms with Crippen molar-refractivity contribution in [3.63, 3.8) is 0 Å². The van der Waals surface area contributed by atoms with E-state index in [1.165, 1.54) is 41.3 Å². The van der Waals surface area contributed by atoms with Crippen molar-refractivity contribution in [1.82, 2.24) is 0 Å². The van der Waals surface area contributed by atoms with Gasteiger partial charge in [-0.2, -0.15) is 5.26 Å². The minimum Gasteiger partial charge on any atom is -0.406 e. The monoisotopic (exact) mass is 501 g/mol. The smallest absolute Gasteiger partial charge is 0.406 e. The molecule has 6 nitrogen and oxygen atoms in total. The molecule has 0 aromatic heterocycles. The molecule has 0 spiro atoms. The van der Waals surface area contributed by atoms with Crippen LogP contribution >= 0.6 is 11.6 Å². The maximum Gasteiger partial charge on any atom is 0.573 e. The van der Waals surface area contributed by atoms with Gasteiger partial charge < -0.3 is 9.84 Å². The molecule has 3 aromatic rings. The molecule has 180 valence electrons. The SMILES string of the molecule is CC1(C)N(c2ccc(Cl)cc2)C(=O)N(c2ccc(C#N)cc2)C1(O)c1cccc(OC(F)(F)F)c1. The van der Waals surface area contributed by atoms with E-state index in [0.29, 0.717) is 16.3 Å². The molecule has 1 atom stereocenters. The molecule has 10 heteroatoms. The molecule has 0 radical (unpaired) electrons. The molecule has 0 aliphatic carbocycles. The first kappa shape index (κ1) is 24.4. The summed E-state index contributed by atoms with van der Waals surface area (Å²) in [6.45, 7) is 3.20. The molecular weight excluding hydrogens is 483 g/mol. The Hall–Kier alpha value is -3.74. The lowest BCUT2D eigenvalue weighted by atomic mass is 9.83. The quantitative estimate of drug-likeness (QED) is 0.463. The van der Waals surface area contributed by atoms with Crippen molar-refractivity contribution in [3.8, 4) is 11.8 Å². The van der Waals surface area contributed by atoms with Crippen LogP contribution in [0.3, 0.4) is 0 Å². The molecule has 1 heterocycles. The lowest BCUT2D eigenvalue weighted by Gasteiger charge is -2.42. The lowest BCUT2D eigenvalue weighted by Crippen LogP contribution is -2.56. The van der Waals surface area contributed by atoms with Crippen molar-refractivity contribution >= 4 is 29.0 Å². The van der Waals surface area contributed by atoms with Crippen LogP contribution in [0.25, 0.3) is 0 Å². The second-order valence-electron chi connectivity index (χ2n) is 8.40. The Morgan fingerprint density at radius 1 is 0.971 bits per heavy atom. The molecule has 1 N–H and O–H groups in total. The number of ether oxygens (including phenoxy) is 1. The summed E-state index contributed by atoms with van der Waals surface area (Å²) in [7, 11) is 0. The number of urea groups is 1. The zero-order chi connectivity index (χ0) is 25.6. The van der Waals surface area contributed by atoms with Crippen molar-refractivity contribution in [2.75, 3.05) is 9.80 Å². The van der Waals surface area contributed by atoms with Gasteiger partial charge in [0, 0.05) is 22.0 Å². The molecule has 1 aliphatic heterocycles. The van der Waals surface area contributed by atoms with E-state index in [9.17, 15) is 23.1 Å². The van der Waals surface area contributed by atoms with Crippen LogP contribution in [0.5, 0.6) is 5.75 Å². The molecule has 1 fully saturated rings. The number of carbonyl (C=O) groups is 1. The summed E-state index contributed by atoms with van der Waals surface area (Å²) in [5.41, 5.74) is -2.56. The molecule has 1 unspecified atom stereocenters. The number of alkyl halides is 3. The Balaban J connectivity index is 1.93. The molecule has 0 saturated carbocycles. The third kappa shape index (κ3) is 4.16. The van der Waals surface area contributed by atoms with Crippen LogP contribution in [-0.2, 0) is 5.72 Å². The van der Waals surface area contributed by atoms with Crippen molar-refractivity contribution in [3.05, 3.63) is 88.9 Å². The van der Waals surface area contributed by atoms with E-state index in [2.05, 4.69) is 4.74 Å². The Bertz CT molecular complexity index is 1300. The molecule has 3 aromatic carbocycles. The van der Waals surface area contributed by atoms with Crippen LogP contribution in [0.4, 0.5) is 29.3 Å². The van der Waals surface area contributed by atoms with Crippen molar-refractivity contribution < 1.29 is 27.8 Å².